The van der Waals surface area contributed by atoms with Crippen LogP contribution in [0.1, 0.15) is 27.3 Å². The van der Waals surface area contributed by atoms with E-state index in [4.69, 9.17) is 16.0 Å². The van der Waals surface area contributed by atoms with Gasteiger partial charge in [0.25, 0.3) is 17.7 Å². The Morgan fingerprint density at radius 3 is 2.62 bits per heavy atom. The Morgan fingerprint density at radius 1 is 1.15 bits per heavy atom. The molecule has 0 aliphatic rings. The molecule has 0 radical (unpaired) electrons. The minimum atomic E-state index is -0.820. The van der Waals surface area contributed by atoms with Crippen LogP contribution in [0.2, 0.25) is 5.02 Å². The van der Waals surface area contributed by atoms with Crippen LogP contribution in [0, 0.1) is 0 Å². The number of benzene rings is 1. The third kappa shape index (κ3) is 5.82. The van der Waals surface area contributed by atoms with Crippen LogP contribution in [-0.4, -0.2) is 35.8 Å². The summed E-state index contributed by atoms with van der Waals surface area (Å²) in [6.45, 7) is 0. The average molecular weight is 396 g/mol. The number of hydrogen-bond donors (Lipinski definition) is 3. The largest absolute Gasteiger partial charge is 0.459 e. The maximum Gasteiger partial charge on any atom is 0.287 e. The zero-order valence-electron chi connectivity index (χ0n) is 14.0. The van der Waals surface area contributed by atoms with Crippen molar-refractivity contribution >= 4 is 41.1 Å². The Hall–Kier alpha value is -2.45. The fourth-order valence-corrected chi connectivity index (χ4v) is 2.71. The summed E-state index contributed by atoms with van der Waals surface area (Å²) < 4.78 is 5.02. The number of rotatable bonds is 7. The van der Waals surface area contributed by atoms with E-state index in [0.717, 1.165) is 0 Å². The molecule has 2 rings (SSSR count). The van der Waals surface area contributed by atoms with Crippen LogP contribution in [0.5, 0.6) is 0 Å². The fraction of sp³-hybridized carbons (Fsp3) is 0.235. The Balaban J connectivity index is 1.95. The van der Waals surface area contributed by atoms with Crippen molar-refractivity contribution in [3.05, 3.63) is 59.0 Å². The maximum atomic E-state index is 12.4. The van der Waals surface area contributed by atoms with E-state index in [0.29, 0.717) is 22.8 Å². The van der Waals surface area contributed by atoms with Gasteiger partial charge in [-0.1, -0.05) is 17.7 Å². The van der Waals surface area contributed by atoms with Gasteiger partial charge in [0.2, 0.25) is 0 Å². The predicted molar refractivity (Wildman–Crippen MR) is 100 cm³/mol. The standard InChI is InChI=1S/C17H18ClN3O4S/c1-26-9-7-13(19-17(24)14-6-3-8-25-14)16(23)21-20-15(22)11-4-2-5-12(18)10-11/h2-6,8,10,13H,7,9H2,1H3,(H,19,24)(H,20,22)(H,21,23)/t13-/m1/s1. The second-order valence-corrected chi connectivity index (χ2v) is 6.66. The van der Waals surface area contributed by atoms with E-state index in [9.17, 15) is 14.4 Å². The molecule has 138 valence electrons. The molecule has 26 heavy (non-hydrogen) atoms. The highest BCUT2D eigenvalue weighted by Crippen LogP contribution is 2.10. The average Bonchev–Trinajstić information content (AvgIpc) is 3.17. The molecule has 0 aliphatic carbocycles. The van der Waals surface area contributed by atoms with Crippen LogP contribution >= 0.6 is 23.4 Å². The smallest absolute Gasteiger partial charge is 0.287 e. The Labute approximate surface area is 159 Å². The number of carbonyl (C=O) groups excluding carboxylic acids is 3. The topological polar surface area (TPSA) is 100 Å². The number of halogens is 1. The van der Waals surface area contributed by atoms with Crippen LogP contribution in [0.3, 0.4) is 0 Å². The quantitative estimate of drug-likeness (QED) is 0.624. The summed E-state index contributed by atoms with van der Waals surface area (Å²) in [4.78, 5) is 36.5. The zero-order valence-corrected chi connectivity index (χ0v) is 15.5. The maximum absolute atomic E-state index is 12.4. The highest BCUT2D eigenvalue weighted by atomic mass is 35.5. The van der Waals surface area contributed by atoms with Crippen LogP contribution in [0.25, 0.3) is 0 Å². The lowest BCUT2D eigenvalue weighted by atomic mass is 10.2. The highest BCUT2D eigenvalue weighted by molar-refractivity contribution is 7.98. The summed E-state index contributed by atoms with van der Waals surface area (Å²) in [5.41, 5.74) is 4.94. The zero-order chi connectivity index (χ0) is 18.9. The van der Waals surface area contributed by atoms with Crippen molar-refractivity contribution in [2.75, 3.05) is 12.0 Å². The molecule has 0 bridgehead atoms. The first-order valence-electron chi connectivity index (χ1n) is 7.70. The summed E-state index contributed by atoms with van der Waals surface area (Å²) in [5.74, 6) is -0.790. The lowest BCUT2D eigenvalue weighted by Crippen LogP contribution is -2.52. The first kappa shape index (κ1) is 19.9. The summed E-state index contributed by atoms with van der Waals surface area (Å²) in [6.07, 6.45) is 3.66. The van der Waals surface area contributed by atoms with Crippen LogP contribution in [-0.2, 0) is 4.79 Å². The second-order valence-electron chi connectivity index (χ2n) is 5.24. The van der Waals surface area contributed by atoms with E-state index in [1.165, 1.54) is 30.2 Å². The molecule has 1 aromatic heterocycles. The molecule has 3 amide bonds. The second kappa shape index (κ2) is 9.88. The van der Waals surface area contributed by atoms with E-state index < -0.39 is 23.8 Å². The Bertz CT molecular complexity index is 767. The fourth-order valence-electron chi connectivity index (χ4n) is 2.05. The van der Waals surface area contributed by atoms with Gasteiger partial charge in [-0.25, -0.2) is 0 Å². The number of carbonyl (C=O) groups is 3. The van der Waals surface area contributed by atoms with Gasteiger partial charge >= 0.3 is 0 Å². The van der Waals surface area contributed by atoms with Gasteiger partial charge in [-0.3, -0.25) is 25.2 Å². The molecule has 1 heterocycles. The number of thioether (sulfide) groups is 1. The molecule has 1 aromatic carbocycles. The van der Waals surface area contributed by atoms with Gasteiger partial charge in [-0.05, 0) is 48.8 Å². The minimum Gasteiger partial charge on any atom is -0.459 e. The SMILES string of the molecule is CSCC[C@@H](NC(=O)c1ccco1)C(=O)NNC(=O)c1cccc(Cl)c1. The van der Waals surface area contributed by atoms with E-state index in [1.54, 1.807) is 24.3 Å². The number of nitrogens with one attached hydrogen (secondary N) is 3. The number of hydrogen-bond acceptors (Lipinski definition) is 5. The number of amides is 3. The first-order chi connectivity index (χ1) is 12.5. The first-order valence-corrected chi connectivity index (χ1v) is 9.47. The number of furan rings is 1. The van der Waals surface area contributed by atoms with Crippen molar-refractivity contribution in [1.29, 1.82) is 0 Å². The van der Waals surface area contributed by atoms with E-state index in [2.05, 4.69) is 16.2 Å². The molecule has 7 nitrogen and oxygen atoms in total. The molecule has 9 heteroatoms. The van der Waals surface area contributed by atoms with Gasteiger partial charge in [0, 0.05) is 10.6 Å². The molecule has 0 aliphatic heterocycles. The normalized spacial score (nSPS) is 11.5. The molecule has 0 unspecified atom stereocenters. The molecule has 0 spiro atoms. The van der Waals surface area contributed by atoms with Crippen LogP contribution in [0.15, 0.2) is 47.1 Å². The van der Waals surface area contributed by atoms with Crippen molar-refractivity contribution in [1.82, 2.24) is 16.2 Å². The summed E-state index contributed by atoms with van der Waals surface area (Å²) >= 11 is 7.38. The van der Waals surface area contributed by atoms with Crippen molar-refractivity contribution in [2.45, 2.75) is 12.5 Å². The van der Waals surface area contributed by atoms with Crippen LogP contribution in [0.4, 0.5) is 0 Å². The Kier molecular flexibility index (Phi) is 7.55. The summed E-state index contributed by atoms with van der Waals surface area (Å²) in [7, 11) is 0. The van der Waals surface area contributed by atoms with Gasteiger partial charge in [-0.2, -0.15) is 11.8 Å². The summed E-state index contributed by atoms with van der Waals surface area (Å²) in [5, 5.41) is 3.01. The predicted octanol–water partition coefficient (Wildman–Crippen LogP) is 2.25. The molecule has 1 atom stereocenters. The lowest BCUT2D eigenvalue weighted by Gasteiger charge is -2.18. The van der Waals surface area contributed by atoms with E-state index in [1.807, 2.05) is 6.26 Å². The molecule has 3 N–H and O–H groups in total. The third-order valence-corrected chi connectivity index (χ3v) is 4.24. The molecule has 0 fully saturated rings. The van der Waals surface area contributed by atoms with Crippen molar-refractivity contribution in [3.8, 4) is 0 Å². The highest BCUT2D eigenvalue weighted by Gasteiger charge is 2.22. The lowest BCUT2D eigenvalue weighted by molar-refractivity contribution is -0.123. The number of hydrazine groups is 1. The van der Waals surface area contributed by atoms with Crippen LogP contribution < -0.4 is 16.2 Å². The van der Waals surface area contributed by atoms with E-state index in [-0.39, 0.29) is 5.76 Å². The van der Waals surface area contributed by atoms with Gasteiger partial charge in [-0.15, -0.1) is 0 Å². The van der Waals surface area contributed by atoms with Crippen molar-refractivity contribution < 1.29 is 18.8 Å². The molecule has 0 saturated carbocycles. The summed E-state index contributed by atoms with van der Waals surface area (Å²) in [6, 6.07) is 8.57. The van der Waals surface area contributed by atoms with E-state index >= 15 is 0 Å². The van der Waals surface area contributed by atoms with Crippen molar-refractivity contribution in [2.24, 2.45) is 0 Å². The molecular formula is C17H18ClN3O4S. The molecular weight excluding hydrogens is 378 g/mol. The van der Waals surface area contributed by atoms with Gasteiger partial charge in [0.15, 0.2) is 5.76 Å². The Morgan fingerprint density at radius 2 is 1.96 bits per heavy atom. The van der Waals surface area contributed by atoms with Gasteiger partial charge in [0.1, 0.15) is 6.04 Å². The van der Waals surface area contributed by atoms with Crippen molar-refractivity contribution in [3.63, 3.8) is 0 Å². The monoisotopic (exact) mass is 395 g/mol. The van der Waals surface area contributed by atoms with Gasteiger partial charge in [0.05, 0.1) is 6.26 Å². The molecule has 0 saturated heterocycles. The van der Waals surface area contributed by atoms with Gasteiger partial charge < -0.3 is 9.73 Å². The third-order valence-electron chi connectivity index (χ3n) is 3.36. The minimum absolute atomic E-state index is 0.106. The molecule has 2 aromatic rings.